The Morgan fingerprint density at radius 3 is 2.56 bits per heavy atom. The minimum Gasteiger partial charge on any atom is -0.477 e. The van der Waals surface area contributed by atoms with Crippen molar-refractivity contribution in [3.8, 4) is 22.4 Å². The Morgan fingerprint density at radius 1 is 1.12 bits per heavy atom. The second kappa shape index (κ2) is 11.6. The first-order valence-electron chi connectivity index (χ1n) is 14.1. The van der Waals surface area contributed by atoms with Crippen LogP contribution < -0.4 is 0 Å². The van der Waals surface area contributed by atoms with Crippen molar-refractivity contribution in [1.29, 1.82) is 0 Å². The summed E-state index contributed by atoms with van der Waals surface area (Å²) >= 11 is 0. The number of carboxylic acids is 1. The van der Waals surface area contributed by atoms with Crippen LogP contribution in [0.25, 0.3) is 28.5 Å². The molecular formula is C33H35FN2O5. The average Bonchev–Trinajstić information content (AvgIpc) is 3.09. The fourth-order valence-corrected chi connectivity index (χ4v) is 5.86. The highest BCUT2D eigenvalue weighted by Crippen LogP contribution is 2.42. The first-order valence-corrected chi connectivity index (χ1v) is 14.1. The fourth-order valence-electron chi connectivity index (χ4n) is 5.86. The van der Waals surface area contributed by atoms with Gasteiger partial charge in [-0.15, -0.1) is 0 Å². The van der Waals surface area contributed by atoms with Crippen molar-refractivity contribution < 1.29 is 28.6 Å². The molecule has 0 unspecified atom stereocenters. The lowest BCUT2D eigenvalue weighted by molar-refractivity contribution is -0.289. The SMILES string of the molecule is CC(C)c1nc2c(c(-c3ccc(F)cc3)c1/C=C/[C@@H]1C[C@H](CC=O)OC(C)(C)O1)CCCc1nc(C(=O)O)ccc1-2. The summed E-state index contributed by atoms with van der Waals surface area (Å²) in [4.78, 5) is 32.5. The van der Waals surface area contributed by atoms with Crippen LogP contribution in [0.2, 0.25) is 0 Å². The fraction of sp³-hybridized carbons (Fsp3) is 0.394. The van der Waals surface area contributed by atoms with E-state index in [1.54, 1.807) is 12.1 Å². The molecule has 1 fully saturated rings. The van der Waals surface area contributed by atoms with E-state index in [9.17, 15) is 19.1 Å². The third-order valence-electron chi connectivity index (χ3n) is 7.55. The molecule has 41 heavy (non-hydrogen) atoms. The molecule has 7 nitrogen and oxygen atoms in total. The number of rotatable bonds is 7. The molecule has 0 radical (unpaired) electrons. The molecule has 0 amide bonds. The first kappa shape index (κ1) is 28.8. The van der Waals surface area contributed by atoms with Crippen LogP contribution in [0.15, 0.2) is 42.5 Å². The van der Waals surface area contributed by atoms with Crippen LogP contribution in [0.1, 0.15) is 85.9 Å². The standard InChI is InChI=1S/C33H35FN2O5/c1-19(2)30-26(13-12-22-18-23(16-17-37)41-33(3,4)40-22)29(20-8-10-21(34)11-9-20)25-6-5-7-27-24(31(25)36-30)14-15-28(35-27)32(38)39/h8-15,17,19,22-23H,5-7,16,18H2,1-4H3,(H,38,39)/b13-12+/t22-,23+/m1/s1. The molecule has 0 saturated carbocycles. The number of hydrogen-bond donors (Lipinski definition) is 1. The minimum atomic E-state index is -1.06. The molecule has 8 heteroatoms. The van der Waals surface area contributed by atoms with Gasteiger partial charge >= 0.3 is 5.97 Å². The van der Waals surface area contributed by atoms with E-state index in [-0.39, 0.29) is 29.6 Å². The van der Waals surface area contributed by atoms with E-state index in [4.69, 9.17) is 14.5 Å². The Labute approximate surface area is 239 Å². The minimum absolute atomic E-state index is 0.0156. The van der Waals surface area contributed by atoms with Gasteiger partial charge in [0.25, 0.3) is 0 Å². The zero-order valence-electron chi connectivity index (χ0n) is 23.8. The van der Waals surface area contributed by atoms with Crippen LogP contribution in [-0.2, 0) is 27.1 Å². The molecular weight excluding hydrogens is 523 g/mol. The number of aldehydes is 1. The molecule has 2 atom stereocenters. The number of benzene rings is 1. The number of aromatic nitrogens is 2. The van der Waals surface area contributed by atoms with Crippen molar-refractivity contribution >= 4 is 18.3 Å². The van der Waals surface area contributed by atoms with Crippen molar-refractivity contribution in [2.24, 2.45) is 0 Å². The molecule has 1 saturated heterocycles. The molecule has 1 N–H and O–H groups in total. The van der Waals surface area contributed by atoms with Crippen molar-refractivity contribution in [3.63, 3.8) is 0 Å². The van der Waals surface area contributed by atoms with Crippen LogP contribution in [0.3, 0.4) is 0 Å². The molecule has 1 aromatic carbocycles. The van der Waals surface area contributed by atoms with Crippen molar-refractivity contribution in [3.05, 3.63) is 76.5 Å². The number of carboxylic acid groups (broad SMARTS) is 1. The summed E-state index contributed by atoms with van der Waals surface area (Å²) < 4.78 is 26.2. The van der Waals surface area contributed by atoms with Gasteiger partial charge in [-0.1, -0.05) is 38.1 Å². The zero-order valence-corrected chi connectivity index (χ0v) is 23.8. The second-order valence-electron chi connectivity index (χ2n) is 11.4. The number of hydrogen-bond acceptors (Lipinski definition) is 6. The molecule has 5 rings (SSSR count). The summed E-state index contributed by atoms with van der Waals surface area (Å²) in [5.74, 6) is -2.16. The predicted molar refractivity (Wildman–Crippen MR) is 154 cm³/mol. The highest BCUT2D eigenvalue weighted by Gasteiger charge is 2.34. The maximum atomic E-state index is 14.0. The maximum absolute atomic E-state index is 14.0. The lowest BCUT2D eigenvalue weighted by atomic mass is 9.86. The predicted octanol–water partition coefficient (Wildman–Crippen LogP) is 6.77. The lowest BCUT2D eigenvalue weighted by Gasteiger charge is -2.39. The maximum Gasteiger partial charge on any atom is 0.354 e. The molecule has 2 aromatic heterocycles. The quantitative estimate of drug-likeness (QED) is 0.320. The van der Waals surface area contributed by atoms with Crippen LogP contribution in [0.4, 0.5) is 4.39 Å². The topological polar surface area (TPSA) is 98.6 Å². The van der Waals surface area contributed by atoms with Gasteiger partial charge in [0.05, 0.1) is 29.3 Å². The molecule has 0 bridgehead atoms. The van der Waals surface area contributed by atoms with Gasteiger partial charge in [0.15, 0.2) is 5.79 Å². The van der Waals surface area contributed by atoms with Gasteiger partial charge in [0, 0.05) is 24.0 Å². The van der Waals surface area contributed by atoms with Crippen LogP contribution in [0.5, 0.6) is 0 Å². The molecule has 1 aliphatic heterocycles. The van der Waals surface area contributed by atoms with Crippen LogP contribution in [-0.4, -0.2) is 45.3 Å². The summed E-state index contributed by atoms with van der Waals surface area (Å²) in [6.07, 6.45) is 7.35. The number of halogens is 1. The summed E-state index contributed by atoms with van der Waals surface area (Å²) in [6, 6.07) is 9.84. The summed E-state index contributed by atoms with van der Waals surface area (Å²) in [6.45, 7) is 7.86. The number of aryl methyl sites for hydroxylation is 1. The molecule has 1 aliphatic carbocycles. The average molecular weight is 559 g/mol. The van der Waals surface area contributed by atoms with E-state index in [1.165, 1.54) is 18.2 Å². The number of aromatic carboxylic acids is 1. The smallest absolute Gasteiger partial charge is 0.354 e. The normalized spacial score (nSPS) is 20.0. The third-order valence-corrected chi connectivity index (χ3v) is 7.55. The number of ether oxygens (including phenoxy) is 2. The van der Waals surface area contributed by atoms with Crippen molar-refractivity contribution in [1.82, 2.24) is 9.97 Å². The van der Waals surface area contributed by atoms with Crippen LogP contribution >= 0.6 is 0 Å². The highest BCUT2D eigenvalue weighted by molar-refractivity contribution is 5.88. The van der Waals surface area contributed by atoms with Crippen LogP contribution in [0, 0.1) is 5.82 Å². The van der Waals surface area contributed by atoms with Crippen molar-refractivity contribution in [2.45, 2.75) is 83.7 Å². The van der Waals surface area contributed by atoms with Gasteiger partial charge < -0.3 is 19.4 Å². The highest BCUT2D eigenvalue weighted by atomic mass is 19.1. The third kappa shape index (κ3) is 6.14. The largest absolute Gasteiger partial charge is 0.477 e. The van der Waals surface area contributed by atoms with E-state index in [1.807, 2.05) is 32.1 Å². The number of nitrogens with zero attached hydrogens (tertiary/aromatic N) is 2. The first-order chi connectivity index (χ1) is 19.6. The van der Waals surface area contributed by atoms with E-state index in [2.05, 4.69) is 18.8 Å². The van der Waals surface area contributed by atoms with Gasteiger partial charge in [-0.25, -0.2) is 14.2 Å². The number of carbonyl (C=O) groups excluding carboxylic acids is 1. The summed E-state index contributed by atoms with van der Waals surface area (Å²) in [7, 11) is 0. The zero-order chi connectivity index (χ0) is 29.3. The molecule has 2 aliphatic rings. The van der Waals surface area contributed by atoms with Gasteiger partial charge in [-0.05, 0) is 80.0 Å². The molecule has 0 spiro atoms. The summed E-state index contributed by atoms with van der Waals surface area (Å²) in [5.41, 5.74) is 7.02. The van der Waals surface area contributed by atoms with E-state index in [0.717, 1.165) is 57.6 Å². The van der Waals surface area contributed by atoms with Crippen molar-refractivity contribution in [2.75, 3.05) is 0 Å². The number of fused-ring (bicyclic) bond motifs is 3. The van der Waals surface area contributed by atoms with Gasteiger partial charge in [0.2, 0.25) is 0 Å². The Morgan fingerprint density at radius 2 is 1.88 bits per heavy atom. The molecule has 3 heterocycles. The summed E-state index contributed by atoms with van der Waals surface area (Å²) in [5, 5.41) is 9.51. The Hall–Kier alpha value is -3.75. The number of pyridine rings is 2. The van der Waals surface area contributed by atoms with Gasteiger partial charge in [0.1, 0.15) is 17.8 Å². The van der Waals surface area contributed by atoms with E-state index < -0.39 is 11.8 Å². The van der Waals surface area contributed by atoms with E-state index in [0.29, 0.717) is 25.7 Å². The molecule has 3 aromatic rings. The van der Waals surface area contributed by atoms with Gasteiger partial charge in [-0.2, -0.15) is 0 Å². The molecule has 214 valence electrons. The second-order valence-corrected chi connectivity index (χ2v) is 11.4. The Balaban J connectivity index is 1.71. The number of carbonyl (C=O) groups is 2. The Bertz CT molecular complexity index is 1500. The Kier molecular flexibility index (Phi) is 8.16. The lowest BCUT2D eigenvalue weighted by Crippen LogP contribution is -2.44. The monoisotopic (exact) mass is 558 g/mol. The van der Waals surface area contributed by atoms with Gasteiger partial charge in [-0.3, -0.25) is 4.98 Å². The van der Waals surface area contributed by atoms with E-state index >= 15 is 0 Å².